The quantitative estimate of drug-likeness (QED) is 0.208. The van der Waals surface area contributed by atoms with Crippen molar-refractivity contribution in [3.05, 3.63) is 53.8 Å². The zero-order valence-electron chi connectivity index (χ0n) is 25.7. The number of aromatic nitrogens is 8. The molecule has 1 spiro atoms. The minimum atomic E-state index is -5.84. The Morgan fingerprint density at radius 3 is 2.46 bits per heavy atom. The lowest BCUT2D eigenvalue weighted by Crippen LogP contribution is -2.65. The number of hydrogen-bond acceptors (Lipinski definition) is 10. The summed E-state index contributed by atoms with van der Waals surface area (Å²) in [5.74, 6) is -4.98. The van der Waals surface area contributed by atoms with Crippen LogP contribution in [0.15, 0.2) is 43.1 Å². The number of likely N-dealkylation sites (tertiary alicyclic amines) is 1. The van der Waals surface area contributed by atoms with Crippen molar-refractivity contribution in [2.75, 3.05) is 31.6 Å². The Hall–Kier alpha value is -3.96. The van der Waals surface area contributed by atoms with Gasteiger partial charge in [-0.3, -0.25) is 9.58 Å². The molecule has 18 heteroatoms. The summed E-state index contributed by atoms with van der Waals surface area (Å²) in [6.07, 6.45) is 2.56. The van der Waals surface area contributed by atoms with Crippen LogP contribution in [0.5, 0.6) is 5.75 Å². The maximum Gasteiger partial charge on any atom is 0.459 e. The average molecular weight is 695 g/mol. The molecule has 7 rings (SSSR count). The maximum atomic E-state index is 14.7. The van der Waals surface area contributed by atoms with Crippen molar-refractivity contribution in [3.8, 4) is 16.9 Å². The molecule has 3 aliphatic rings. The Morgan fingerprint density at radius 2 is 1.79 bits per heavy atom. The second-order valence-electron chi connectivity index (χ2n) is 12.8. The molecule has 1 saturated carbocycles. The molecular formula is C30H32ClF5N10O2. The highest BCUT2D eigenvalue weighted by Crippen LogP contribution is 2.56. The molecule has 12 nitrogen and oxygen atoms in total. The highest BCUT2D eigenvalue weighted by Gasteiger charge is 2.62. The standard InChI is InChI=1S/C30H32ClF5N10O2/c1-18(13-45-17-39-42-43-45)48-25-8-19(2-3-23(25)31)20-11-37-27(38-12-20)40-24-14-46(41-26(24)29(32,33)30(34,35)36)22-9-28(10-22)15-44(16-28)21-4-6-47-7-5-21/h2-3,8,11-12,14,17-18,21-22H,4-7,9-10,13,15-16H2,1H3,(H,37,38,40). The summed E-state index contributed by atoms with van der Waals surface area (Å²) in [7, 11) is 0. The number of hydrogen-bond donors (Lipinski definition) is 1. The van der Waals surface area contributed by atoms with Gasteiger partial charge in [-0.1, -0.05) is 17.7 Å². The van der Waals surface area contributed by atoms with E-state index in [2.05, 4.69) is 40.8 Å². The fourth-order valence-electron chi connectivity index (χ4n) is 6.76. The van der Waals surface area contributed by atoms with Gasteiger partial charge in [0.25, 0.3) is 0 Å². The van der Waals surface area contributed by atoms with Gasteiger partial charge in [0.2, 0.25) is 5.95 Å². The molecule has 1 atom stereocenters. The molecule has 3 aromatic heterocycles. The van der Waals surface area contributed by atoms with Crippen molar-refractivity contribution in [1.82, 2.24) is 44.9 Å². The molecule has 2 saturated heterocycles. The molecule has 0 bridgehead atoms. The van der Waals surface area contributed by atoms with E-state index in [-0.39, 0.29) is 23.5 Å². The van der Waals surface area contributed by atoms with E-state index in [0.717, 1.165) is 39.1 Å². The predicted octanol–water partition coefficient (Wildman–Crippen LogP) is 5.66. The summed E-state index contributed by atoms with van der Waals surface area (Å²) in [6.45, 7) is 5.44. The van der Waals surface area contributed by atoms with Crippen molar-refractivity contribution in [2.45, 2.75) is 69.4 Å². The van der Waals surface area contributed by atoms with E-state index >= 15 is 0 Å². The summed E-state index contributed by atoms with van der Waals surface area (Å²) in [4.78, 5) is 10.8. The zero-order valence-corrected chi connectivity index (χ0v) is 26.5. The number of ether oxygens (including phenoxy) is 2. The number of benzene rings is 1. The highest BCUT2D eigenvalue weighted by molar-refractivity contribution is 6.32. The van der Waals surface area contributed by atoms with Crippen LogP contribution in [0, 0.1) is 5.41 Å². The molecule has 1 N–H and O–H groups in total. The molecule has 256 valence electrons. The number of alkyl halides is 5. The first-order valence-electron chi connectivity index (χ1n) is 15.5. The molecule has 4 aromatic rings. The lowest BCUT2D eigenvalue weighted by Gasteiger charge is -2.61. The first-order valence-corrected chi connectivity index (χ1v) is 15.9. The summed E-state index contributed by atoms with van der Waals surface area (Å²) in [6, 6.07) is 5.22. The Bertz CT molecular complexity index is 1720. The molecular weight excluding hydrogens is 663 g/mol. The molecule has 3 fully saturated rings. The largest absolute Gasteiger partial charge is 0.487 e. The monoisotopic (exact) mass is 694 g/mol. The lowest BCUT2D eigenvalue weighted by atomic mass is 9.60. The van der Waals surface area contributed by atoms with Gasteiger partial charge >= 0.3 is 12.1 Å². The minimum Gasteiger partial charge on any atom is -0.487 e. The van der Waals surface area contributed by atoms with Gasteiger partial charge in [-0.2, -0.15) is 27.1 Å². The second kappa shape index (κ2) is 12.5. The lowest BCUT2D eigenvalue weighted by molar-refractivity contribution is -0.290. The van der Waals surface area contributed by atoms with Crippen LogP contribution >= 0.6 is 11.6 Å². The van der Waals surface area contributed by atoms with Gasteiger partial charge in [0.05, 0.1) is 23.3 Å². The van der Waals surface area contributed by atoms with Crippen LogP contribution < -0.4 is 10.1 Å². The van der Waals surface area contributed by atoms with Gasteiger partial charge in [0, 0.05) is 56.5 Å². The molecule has 48 heavy (non-hydrogen) atoms. The third-order valence-electron chi connectivity index (χ3n) is 9.21. The van der Waals surface area contributed by atoms with Crippen molar-refractivity contribution in [2.24, 2.45) is 5.41 Å². The molecule has 5 heterocycles. The third-order valence-corrected chi connectivity index (χ3v) is 9.52. The third kappa shape index (κ3) is 6.42. The predicted molar refractivity (Wildman–Crippen MR) is 162 cm³/mol. The number of tetrazole rings is 1. The molecule has 0 amide bonds. The van der Waals surface area contributed by atoms with Crippen molar-refractivity contribution in [3.63, 3.8) is 0 Å². The normalized spacial score (nSPS) is 19.6. The number of rotatable bonds is 10. The molecule has 1 aromatic carbocycles. The van der Waals surface area contributed by atoms with E-state index in [9.17, 15) is 22.0 Å². The van der Waals surface area contributed by atoms with Crippen molar-refractivity contribution in [1.29, 1.82) is 0 Å². The summed E-state index contributed by atoms with van der Waals surface area (Å²) in [5.41, 5.74) is -0.730. The summed E-state index contributed by atoms with van der Waals surface area (Å²) in [5, 5.41) is 17.7. The highest BCUT2D eigenvalue weighted by atomic mass is 35.5. The van der Waals surface area contributed by atoms with E-state index in [1.165, 1.54) is 34.3 Å². The van der Waals surface area contributed by atoms with Crippen LogP contribution in [0.3, 0.4) is 0 Å². The molecule has 0 radical (unpaired) electrons. The first kappa shape index (κ1) is 32.6. The topological polar surface area (TPSA) is 121 Å². The Balaban J connectivity index is 1.05. The number of nitrogens with one attached hydrogen (secondary N) is 1. The van der Waals surface area contributed by atoms with Crippen molar-refractivity contribution >= 4 is 23.2 Å². The van der Waals surface area contributed by atoms with E-state index < -0.39 is 23.5 Å². The van der Waals surface area contributed by atoms with E-state index in [1.807, 2.05) is 6.92 Å². The van der Waals surface area contributed by atoms with Crippen molar-refractivity contribution < 1.29 is 31.4 Å². The summed E-state index contributed by atoms with van der Waals surface area (Å²) < 4.78 is 84.2. The Kier molecular flexibility index (Phi) is 8.48. The number of halogens is 6. The van der Waals surface area contributed by atoms with Gasteiger partial charge in [-0.25, -0.2) is 14.6 Å². The SMILES string of the molecule is CC(Cn1cnnn1)Oc1cc(-c2cnc(Nc3cn(C4CC5(C4)CN(C4CCOCC4)C5)nc3C(F)(F)C(F)(F)F)nc2)ccc1Cl. The van der Waals surface area contributed by atoms with Gasteiger partial charge < -0.3 is 14.8 Å². The van der Waals surface area contributed by atoms with Crippen LogP contribution in [-0.4, -0.2) is 89.5 Å². The number of anilines is 2. The fourth-order valence-corrected chi connectivity index (χ4v) is 6.92. The number of nitrogens with zero attached hydrogens (tertiary/aromatic N) is 9. The van der Waals surface area contributed by atoms with Gasteiger partial charge in [0.1, 0.15) is 18.2 Å². The smallest absolute Gasteiger partial charge is 0.459 e. The molecule has 2 aliphatic heterocycles. The van der Waals surface area contributed by atoms with Crippen LogP contribution in [0.2, 0.25) is 5.02 Å². The Morgan fingerprint density at radius 1 is 1.06 bits per heavy atom. The van der Waals surface area contributed by atoms with Gasteiger partial charge in [-0.05, 0) is 66.1 Å². The van der Waals surface area contributed by atoms with E-state index in [4.69, 9.17) is 21.1 Å². The summed E-state index contributed by atoms with van der Waals surface area (Å²) >= 11 is 6.34. The molecule has 1 aliphatic carbocycles. The second-order valence-corrected chi connectivity index (χ2v) is 13.2. The Labute approximate surface area is 276 Å². The first-order chi connectivity index (χ1) is 22.9. The van der Waals surface area contributed by atoms with Crippen LogP contribution in [-0.2, 0) is 17.2 Å². The van der Waals surface area contributed by atoms with Crippen LogP contribution in [0.25, 0.3) is 11.1 Å². The van der Waals surface area contributed by atoms with Crippen LogP contribution in [0.1, 0.15) is 44.3 Å². The zero-order chi connectivity index (χ0) is 33.7. The van der Waals surface area contributed by atoms with E-state index in [1.54, 1.807) is 18.2 Å². The van der Waals surface area contributed by atoms with Gasteiger partial charge in [0.15, 0.2) is 5.69 Å². The minimum absolute atomic E-state index is 0.0352. The van der Waals surface area contributed by atoms with Crippen LogP contribution in [0.4, 0.5) is 33.6 Å². The molecule has 1 unspecified atom stereocenters. The fraction of sp³-hybridized carbons (Fsp3) is 0.533. The average Bonchev–Trinajstić information content (AvgIpc) is 3.68. The van der Waals surface area contributed by atoms with E-state index in [0.29, 0.717) is 47.3 Å². The van der Waals surface area contributed by atoms with Gasteiger partial charge in [-0.15, -0.1) is 5.10 Å². The maximum absolute atomic E-state index is 14.7.